The first-order valence-corrected chi connectivity index (χ1v) is 12.5. The molecule has 3 aromatic rings. The van der Waals surface area contributed by atoms with Crippen LogP contribution in [-0.4, -0.2) is 74.1 Å². The van der Waals surface area contributed by atoms with Crippen molar-refractivity contribution in [1.82, 2.24) is 30.0 Å². The average Bonchev–Trinajstić information content (AvgIpc) is 3.53. The minimum Gasteiger partial charge on any atom is -0.477 e. The summed E-state index contributed by atoms with van der Waals surface area (Å²) in [6, 6.07) is -0.246. The summed E-state index contributed by atoms with van der Waals surface area (Å²) in [6.45, 7) is 5.22. The van der Waals surface area contributed by atoms with Crippen molar-refractivity contribution in [3.63, 3.8) is 0 Å². The van der Waals surface area contributed by atoms with Gasteiger partial charge in [-0.25, -0.2) is 19.4 Å². The number of aryl methyl sites for hydroxylation is 2. The Balaban J connectivity index is 1.53. The monoisotopic (exact) mass is 571 g/mol. The highest BCUT2D eigenvalue weighted by molar-refractivity contribution is 9.10. The zero-order chi connectivity index (χ0) is 24.6. The van der Waals surface area contributed by atoms with Gasteiger partial charge in [0.2, 0.25) is 0 Å². The highest BCUT2D eigenvalue weighted by Gasteiger charge is 2.34. The summed E-state index contributed by atoms with van der Waals surface area (Å²) in [7, 11) is 1.58. The van der Waals surface area contributed by atoms with Gasteiger partial charge in [0.25, 0.3) is 5.91 Å². The number of nitrogens with one attached hydrogen (secondary N) is 2. The number of carboxylic acid groups (broad SMARTS) is 1. The topological polar surface area (TPSA) is 138 Å². The number of halogens is 2. The molecule has 3 N–H and O–H groups in total. The van der Waals surface area contributed by atoms with Crippen LogP contribution in [0.4, 0.5) is 5.13 Å². The maximum Gasteiger partial charge on any atom is 0.348 e. The van der Waals surface area contributed by atoms with E-state index in [-0.39, 0.29) is 22.9 Å². The molecule has 2 atom stereocenters. The van der Waals surface area contributed by atoms with E-state index in [0.29, 0.717) is 63.6 Å². The second kappa shape index (κ2) is 10.0. The van der Waals surface area contributed by atoms with Crippen LogP contribution in [0.3, 0.4) is 0 Å². The third-order valence-electron chi connectivity index (χ3n) is 5.67. The number of rotatable bonds is 7. The third kappa shape index (κ3) is 4.57. The molecule has 14 heteroatoms. The van der Waals surface area contributed by atoms with Crippen LogP contribution in [0.1, 0.15) is 39.2 Å². The molecule has 1 aliphatic heterocycles. The van der Waals surface area contributed by atoms with E-state index in [1.165, 1.54) is 6.33 Å². The van der Waals surface area contributed by atoms with E-state index in [0.717, 1.165) is 11.3 Å². The second-order valence-corrected chi connectivity index (χ2v) is 9.87. The van der Waals surface area contributed by atoms with Crippen molar-refractivity contribution in [3.05, 3.63) is 32.1 Å². The number of hydrogen-bond donors (Lipinski definition) is 3. The number of anilines is 1. The van der Waals surface area contributed by atoms with Crippen LogP contribution in [0, 0.1) is 6.92 Å². The van der Waals surface area contributed by atoms with Crippen LogP contribution in [0.2, 0.25) is 5.02 Å². The lowest BCUT2D eigenvalue weighted by atomic mass is 10.0. The van der Waals surface area contributed by atoms with Gasteiger partial charge in [-0.2, -0.15) is 5.10 Å². The summed E-state index contributed by atoms with van der Waals surface area (Å²) >= 11 is 10.6. The van der Waals surface area contributed by atoms with Crippen LogP contribution in [0.25, 0.3) is 11.5 Å². The molecule has 0 aromatic carbocycles. The predicted octanol–water partition coefficient (Wildman–Crippen LogP) is 3.20. The highest BCUT2D eigenvalue weighted by atomic mass is 79.9. The molecule has 4 rings (SSSR count). The number of hydrogen-bond acceptors (Lipinski definition) is 8. The largest absolute Gasteiger partial charge is 0.477 e. The van der Waals surface area contributed by atoms with Gasteiger partial charge in [-0.15, -0.1) is 0 Å². The van der Waals surface area contributed by atoms with E-state index in [1.807, 2.05) is 11.8 Å². The first kappa shape index (κ1) is 24.6. The first-order valence-electron chi connectivity index (χ1n) is 10.5. The van der Waals surface area contributed by atoms with Crippen molar-refractivity contribution in [2.45, 2.75) is 39.0 Å². The summed E-state index contributed by atoms with van der Waals surface area (Å²) in [5, 5.41) is 17.9. The minimum atomic E-state index is -1.07. The number of carbonyl (C=O) groups is 2. The van der Waals surface area contributed by atoms with Gasteiger partial charge in [0.05, 0.1) is 21.6 Å². The number of carboxylic acids is 1. The summed E-state index contributed by atoms with van der Waals surface area (Å²) in [5.74, 6) is -0.940. The number of carbonyl (C=O) groups excluding carboxylic acids is 1. The van der Waals surface area contributed by atoms with Crippen LogP contribution in [0.5, 0.6) is 0 Å². The molecule has 1 fully saturated rings. The lowest BCUT2D eigenvalue weighted by Crippen LogP contribution is -2.55. The van der Waals surface area contributed by atoms with E-state index in [1.54, 1.807) is 18.7 Å². The molecule has 2 unspecified atom stereocenters. The van der Waals surface area contributed by atoms with E-state index in [2.05, 4.69) is 41.3 Å². The number of piperidine rings is 1. The van der Waals surface area contributed by atoms with Gasteiger partial charge in [-0.05, 0) is 36.2 Å². The smallest absolute Gasteiger partial charge is 0.348 e. The van der Waals surface area contributed by atoms with Crippen molar-refractivity contribution >= 4 is 55.9 Å². The maximum atomic E-state index is 12.8. The summed E-state index contributed by atoms with van der Waals surface area (Å²) in [4.78, 5) is 38.6. The van der Waals surface area contributed by atoms with Crippen LogP contribution in [0.15, 0.2) is 10.8 Å². The Hall–Kier alpha value is -2.48. The average molecular weight is 573 g/mol. The molecule has 1 amide bonds. The zero-order valence-corrected chi connectivity index (χ0v) is 21.8. The molecule has 0 radical (unpaired) electrons. The van der Waals surface area contributed by atoms with Gasteiger partial charge >= 0.3 is 5.97 Å². The third-order valence-corrected chi connectivity index (χ3v) is 8.26. The fraction of sp³-hybridized carbons (Fsp3) is 0.450. The number of methoxy groups -OCH3 is 1. The molecule has 1 aliphatic rings. The number of aromatic amines is 1. The molecule has 34 heavy (non-hydrogen) atoms. The number of amides is 1. The number of H-pyrrole nitrogens is 1. The van der Waals surface area contributed by atoms with Gasteiger partial charge in [0.15, 0.2) is 11.0 Å². The van der Waals surface area contributed by atoms with Gasteiger partial charge in [-0.3, -0.25) is 4.79 Å². The van der Waals surface area contributed by atoms with Crippen LogP contribution in [-0.2, 0) is 11.3 Å². The molecule has 4 heterocycles. The van der Waals surface area contributed by atoms with Crippen molar-refractivity contribution < 1.29 is 19.4 Å². The van der Waals surface area contributed by atoms with Crippen molar-refractivity contribution in [2.75, 3.05) is 25.1 Å². The Morgan fingerprint density at radius 3 is 2.85 bits per heavy atom. The number of aromatic nitrogens is 5. The fourth-order valence-corrected chi connectivity index (χ4v) is 5.54. The standard InChI is InChI=1S/C20H23BrClN7O4S/c1-4-29-17(23-8-24-29)15-16(19(31)32)34-20(27-15)28-6-5-10(11(7-28)33-3)26-18(30)14-12(21)13(22)9(2)25-14/h8,10-11,25H,4-7H2,1-3H3,(H,26,30)(H,31,32). The molecule has 182 valence electrons. The number of ether oxygens (including phenoxy) is 1. The van der Waals surface area contributed by atoms with Crippen LogP contribution >= 0.6 is 38.9 Å². The first-order chi connectivity index (χ1) is 16.2. The Morgan fingerprint density at radius 1 is 1.47 bits per heavy atom. The molecular weight excluding hydrogens is 550 g/mol. The Labute approximate surface area is 212 Å². The SMILES string of the molecule is CCn1ncnc1-c1nc(N2CCC(NC(=O)c3[nH]c(C)c(Cl)c3Br)C(OC)C2)sc1C(=O)O. The van der Waals surface area contributed by atoms with Gasteiger partial charge < -0.3 is 25.0 Å². The summed E-state index contributed by atoms with van der Waals surface area (Å²) in [6.07, 6.45) is 1.64. The predicted molar refractivity (Wildman–Crippen MR) is 131 cm³/mol. The van der Waals surface area contributed by atoms with Gasteiger partial charge in [0.1, 0.15) is 22.6 Å². The molecule has 3 aromatic heterocycles. The quantitative estimate of drug-likeness (QED) is 0.392. The molecule has 0 saturated carbocycles. The number of aromatic carboxylic acids is 1. The van der Waals surface area contributed by atoms with E-state index in [4.69, 9.17) is 16.3 Å². The summed E-state index contributed by atoms with van der Waals surface area (Å²) in [5.41, 5.74) is 1.35. The van der Waals surface area contributed by atoms with Crippen molar-refractivity contribution in [3.8, 4) is 11.5 Å². The zero-order valence-electron chi connectivity index (χ0n) is 18.6. The maximum absolute atomic E-state index is 12.8. The Kier molecular flexibility index (Phi) is 7.26. The second-order valence-electron chi connectivity index (χ2n) is 7.72. The highest BCUT2D eigenvalue weighted by Crippen LogP contribution is 2.34. The lowest BCUT2D eigenvalue weighted by molar-refractivity contribution is 0.0540. The normalized spacial score (nSPS) is 18.3. The minimum absolute atomic E-state index is 0.103. The van der Waals surface area contributed by atoms with Gasteiger partial charge in [0, 0.05) is 32.4 Å². The van der Waals surface area contributed by atoms with E-state index >= 15 is 0 Å². The number of nitrogens with zero attached hydrogens (tertiary/aromatic N) is 5. The molecule has 0 bridgehead atoms. The molecular formula is C20H23BrClN7O4S. The fourth-order valence-electron chi connectivity index (χ4n) is 3.88. The molecule has 1 saturated heterocycles. The number of thiazole rings is 1. The van der Waals surface area contributed by atoms with Gasteiger partial charge in [-0.1, -0.05) is 22.9 Å². The van der Waals surface area contributed by atoms with Crippen molar-refractivity contribution in [1.29, 1.82) is 0 Å². The molecule has 11 nitrogen and oxygen atoms in total. The van der Waals surface area contributed by atoms with Crippen LogP contribution < -0.4 is 10.2 Å². The van der Waals surface area contributed by atoms with E-state index in [9.17, 15) is 14.7 Å². The lowest BCUT2D eigenvalue weighted by Gasteiger charge is -2.37. The summed E-state index contributed by atoms with van der Waals surface area (Å²) < 4.78 is 7.80. The molecule has 0 aliphatic carbocycles. The van der Waals surface area contributed by atoms with Crippen molar-refractivity contribution in [2.24, 2.45) is 0 Å². The Bertz CT molecular complexity index is 1230. The Morgan fingerprint density at radius 2 is 2.24 bits per heavy atom. The molecule has 0 spiro atoms. The van der Waals surface area contributed by atoms with E-state index < -0.39 is 5.97 Å².